The lowest BCUT2D eigenvalue weighted by molar-refractivity contribution is -0.139. The van der Waals surface area contributed by atoms with Crippen molar-refractivity contribution in [2.45, 2.75) is 48.3 Å². The highest BCUT2D eigenvalue weighted by molar-refractivity contribution is 7.92. The van der Waals surface area contributed by atoms with Gasteiger partial charge in [-0.3, -0.25) is 0 Å². The highest BCUT2D eigenvalue weighted by Gasteiger charge is 2.37. The number of halogens is 5. The van der Waals surface area contributed by atoms with Gasteiger partial charge in [0.2, 0.25) is 0 Å². The third-order valence-corrected chi connectivity index (χ3v) is 7.72. The van der Waals surface area contributed by atoms with Crippen LogP contribution in [0.3, 0.4) is 0 Å². The van der Waals surface area contributed by atoms with Gasteiger partial charge in [0.05, 0.1) is 33.4 Å². The van der Waals surface area contributed by atoms with E-state index in [1.54, 1.807) is 12.1 Å². The lowest BCUT2D eigenvalue weighted by atomic mass is 10.1. The van der Waals surface area contributed by atoms with Gasteiger partial charge in [-0.05, 0) is 49.1 Å². The summed E-state index contributed by atoms with van der Waals surface area (Å²) in [5.41, 5.74) is -0.882. The monoisotopic (exact) mass is 452 g/mol. The predicted molar refractivity (Wildman–Crippen MR) is 101 cm³/mol. The normalized spacial score (nSPS) is 20.5. The second-order valence-corrected chi connectivity index (χ2v) is 9.68. The molecule has 0 unspecified atom stereocenters. The lowest BCUT2D eigenvalue weighted by Crippen LogP contribution is -2.20. The van der Waals surface area contributed by atoms with Gasteiger partial charge >= 0.3 is 6.18 Å². The fraction of sp³-hybridized carbons (Fsp3) is 0.368. The first kappa shape index (κ1) is 21.4. The van der Waals surface area contributed by atoms with Gasteiger partial charge in [-0.1, -0.05) is 41.4 Å². The highest BCUT2D eigenvalue weighted by atomic mass is 35.5. The van der Waals surface area contributed by atoms with E-state index in [4.69, 9.17) is 27.9 Å². The topological polar surface area (TPSA) is 43.4 Å². The third-order valence-electron chi connectivity index (χ3n) is 4.77. The van der Waals surface area contributed by atoms with E-state index in [0.29, 0.717) is 12.8 Å². The molecule has 2 aromatic rings. The quantitative estimate of drug-likeness (QED) is 0.564. The Morgan fingerprint density at radius 2 is 1.79 bits per heavy atom. The molecule has 0 radical (unpaired) electrons. The van der Waals surface area contributed by atoms with Crippen molar-refractivity contribution >= 4 is 33.0 Å². The van der Waals surface area contributed by atoms with Crippen LogP contribution in [0.1, 0.15) is 30.4 Å². The zero-order valence-corrected chi connectivity index (χ0v) is 16.9. The predicted octanol–water partition coefficient (Wildman–Crippen LogP) is 5.92. The number of ether oxygens (including phenoxy) is 1. The molecule has 9 heteroatoms. The summed E-state index contributed by atoms with van der Waals surface area (Å²) in [6.45, 7) is -0.268. The summed E-state index contributed by atoms with van der Waals surface area (Å²) in [5, 5.41) is -0.532. The van der Waals surface area contributed by atoms with Gasteiger partial charge in [0.25, 0.3) is 0 Å². The van der Waals surface area contributed by atoms with Crippen LogP contribution < -0.4 is 0 Å². The van der Waals surface area contributed by atoms with E-state index in [-0.39, 0.29) is 33.5 Å². The Balaban J connectivity index is 1.69. The van der Waals surface area contributed by atoms with Gasteiger partial charge in [0, 0.05) is 5.02 Å². The van der Waals surface area contributed by atoms with Gasteiger partial charge in [-0.15, -0.1) is 0 Å². The summed E-state index contributed by atoms with van der Waals surface area (Å²) in [6.07, 6.45) is -3.97. The third kappa shape index (κ3) is 4.64. The zero-order chi connectivity index (χ0) is 20.5. The van der Waals surface area contributed by atoms with Crippen molar-refractivity contribution in [1.29, 1.82) is 0 Å². The Morgan fingerprint density at radius 1 is 1.07 bits per heavy atom. The van der Waals surface area contributed by atoms with Crippen molar-refractivity contribution in [3.63, 3.8) is 0 Å². The number of hydrogen-bond acceptors (Lipinski definition) is 3. The van der Waals surface area contributed by atoms with Crippen LogP contribution in [0.25, 0.3) is 0 Å². The fourth-order valence-corrected chi connectivity index (χ4v) is 5.85. The SMILES string of the molecule is O=S(=O)(c1ccccc1Cl)[C@@H]1CC[C@H](OCc2ccc(Cl)cc2C(F)(F)F)C1. The van der Waals surface area contributed by atoms with E-state index >= 15 is 0 Å². The Morgan fingerprint density at radius 3 is 2.46 bits per heavy atom. The average Bonchev–Trinajstić information content (AvgIpc) is 3.10. The molecule has 0 heterocycles. The van der Waals surface area contributed by atoms with E-state index in [0.717, 1.165) is 6.07 Å². The Hall–Kier alpha value is -1.28. The molecule has 3 nitrogen and oxygen atoms in total. The number of benzene rings is 2. The second kappa shape index (κ2) is 8.22. The molecule has 0 spiro atoms. The number of hydrogen-bond donors (Lipinski definition) is 0. The molecule has 28 heavy (non-hydrogen) atoms. The smallest absolute Gasteiger partial charge is 0.373 e. The second-order valence-electron chi connectivity index (χ2n) is 6.64. The van der Waals surface area contributed by atoms with Gasteiger partial charge in [-0.25, -0.2) is 8.42 Å². The van der Waals surface area contributed by atoms with Crippen LogP contribution >= 0.6 is 23.2 Å². The standard InChI is InChI=1S/C19H17Cl2F3O3S/c20-13-6-5-12(16(9-13)19(22,23)24)11-27-14-7-8-15(10-14)28(25,26)18-4-2-1-3-17(18)21/h1-6,9,14-15H,7-8,10-11H2/t14-,15+/m0/s1. The van der Waals surface area contributed by atoms with Crippen LogP contribution in [0, 0.1) is 0 Å². The molecule has 1 aliphatic rings. The molecule has 0 amide bonds. The molecule has 0 saturated heterocycles. The van der Waals surface area contributed by atoms with Crippen LogP contribution in [0.5, 0.6) is 0 Å². The van der Waals surface area contributed by atoms with E-state index in [2.05, 4.69) is 0 Å². The summed E-state index contributed by atoms with van der Waals surface area (Å²) < 4.78 is 70.7. The lowest BCUT2D eigenvalue weighted by Gasteiger charge is -2.17. The first-order valence-electron chi connectivity index (χ1n) is 8.54. The molecular formula is C19H17Cl2F3O3S. The fourth-order valence-electron chi connectivity index (χ4n) is 3.34. The molecule has 2 atom stereocenters. The van der Waals surface area contributed by atoms with Crippen molar-refractivity contribution in [3.8, 4) is 0 Å². The first-order valence-corrected chi connectivity index (χ1v) is 10.8. The summed E-state index contributed by atoms with van der Waals surface area (Å²) in [4.78, 5) is 0.0689. The Labute approximate surface area is 171 Å². The summed E-state index contributed by atoms with van der Waals surface area (Å²) in [7, 11) is -3.63. The average molecular weight is 453 g/mol. The van der Waals surface area contributed by atoms with E-state index < -0.39 is 32.9 Å². The molecule has 0 N–H and O–H groups in total. The van der Waals surface area contributed by atoms with Crippen LogP contribution in [-0.4, -0.2) is 19.8 Å². The summed E-state index contributed by atoms with van der Waals surface area (Å²) in [6, 6.07) is 9.71. The molecule has 0 aliphatic heterocycles. The Bertz CT molecular complexity index is 961. The zero-order valence-electron chi connectivity index (χ0n) is 14.5. The van der Waals surface area contributed by atoms with E-state index in [1.165, 1.54) is 24.3 Å². The van der Waals surface area contributed by atoms with Crippen LogP contribution in [0.15, 0.2) is 47.4 Å². The van der Waals surface area contributed by atoms with Crippen LogP contribution in [0.4, 0.5) is 13.2 Å². The first-order chi connectivity index (χ1) is 13.1. The molecule has 152 valence electrons. The molecule has 3 rings (SSSR count). The number of alkyl halides is 3. The summed E-state index contributed by atoms with van der Waals surface area (Å²) in [5.74, 6) is 0. The minimum Gasteiger partial charge on any atom is -0.373 e. The molecule has 2 aromatic carbocycles. The van der Waals surface area contributed by atoms with Gasteiger partial charge < -0.3 is 4.74 Å². The maximum absolute atomic E-state index is 13.2. The molecule has 0 bridgehead atoms. The van der Waals surface area contributed by atoms with Crippen molar-refractivity contribution in [2.24, 2.45) is 0 Å². The molecule has 1 fully saturated rings. The largest absolute Gasteiger partial charge is 0.416 e. The van der Waals surface area contributed by atoms with Crippen LogP contribution in [-0.2, 0) is 27.4 Å². The van der Waals surface area contributed by atoms with E-state index in [1.807, 2.05) is 0 Å². The minimum atomic E-state index is -4.55. The van der Waals surface area contributed by atoms with Crippen molar-refractivity contribution in [2.75, 3.05) is 0 Å². The maximum Gasteiger partial charge on any atom is 0.416 e. The van der Waals surface area contributed by atoms with Gasteiger partial charge in [-0.2, -0.15) is 13.2 Å². The highest BCUT2D eigenvalue weighted by Crippen LogP contribution is 2.37. The van der Waals surface area contributed by atoms with Crippen molar-refractivity contribution in [3.05, 3.63) is 63.6 Å². The van der Waals surface area contributed by atoms with Crippen LogP contribution in [0.2, 0.25) is 10.0 Å². The molecule has 0 aromatic heterocycles. The number of sulfone groups is 1. The molecular weight excluding hydrogens is 436 g/mol. The maximum atomic E-state index is 13.2. The number of rotatable bonds is 5. The van der Waals surface area contributed by atoms with E-state index in [9.17, 15) is 21.6 Å². The molecule has 1 saturated carbocycles. The van der Waals surface area contributed by atoms with Gasteiger partial charge in [0.1, 0.15) is 0 Å². The van der Waals surface area contributed by atoms with Crippen molar-refractivity contribution < 1.29 is 26.3 Å². The van der Waals surface area contributed by atoms with Gasteiger partial charge in [0.15, 0.2) is 9.84 Å². The molecule has 1 aliphatic carbocycles. The Kier molecular flexibility index (Phi) is 6.29. The summed E-state index contributed by atoms with van der Waals surface area (Å²) >= 11 is 11.7. The minimum absolute atomic E-state index is 0.0113. The van der Waals surface area contributed by atoms with Crippen molar-refractivity contribution in [1.82, 2.24) is 0 Å².